The fourth-order valence-corrected chi connectivity index (χ4v) is 3.83. The van der Waals surface area contributed by atoms with E-state index in [4.69, 9.17) is 4.74 Å². The van der Waals surface area contributed by atoms with Crippen LogP contribution in [0.2, 0.25) is 0 Å². The topological polar surface area (TPSA) is 100 Å². The number of hydrogen-bond acceptors (Lipinski definition) is 6. The Morgan fingerprint density at radius 2 is 1.88 bits per heavy atom. The summed E-state index contributed by atoms with van der Waals surface area (Å²) in [6.07, 6.45) is 0. The Morgan fingerprint density at radius 3 is 2.59 bits per heavy atom. The number of hydrogen-bond donors (Lipinski definition) is 2. The molecule has 9 heteroatoms. The number of ether oxygens (including phenoxy) is 1. The van der Waals surface area contributed by atoms with Gasteiger partial charge in [-0.3, -0.25) is 14.7 Å². The second-order valence-corrected chi connectivity index (χ2v) is 7.82. The molecule has 4 rings (SSSR count). The van der Waals surface area contributed by atoms with Crippen LogP contribution in [-0.4, -0.2) is 41.2 Å². The van der Waals surface area contributed by atoms with Crippen molar-refractivity contribution in [1.82, 2.24) is 20.5 Å². The normalized spacial score (nSPS) is 10.6. The molecule has 2 aromatic heterocycles. The number of aromatic amines is 1. The summed E-state index contributed by atoms with van der Waals surface area (Å²) >= 11 is 1.36. The van der Waals surface area contributed by atoms with Crippen molar-refractivity contribution >= 4 is 28.8 Å². The van der Waals surface area contributed by atoms with Crippen LogP contribution in [0.25, 0.3) is 11.4 Å². The van der Waals surface area contributed by atoms with E-state index in [1.165, 1.54) is 16.2 Å². The van der Waals surface area contributed by atoms with Crippen LogP contribution in [0.5, 0.6) is 5.75 Å². The molecular formula is C23H21N5O3S. The number of H-pyrrole nitrogens is 1. The SMILES string of the molecule is COc1ccc(-c2n[nH]c(CNC(=O)c3ccccc3N(C)C(=O)c3cccs3)n2)cc1. The summed E-state index contributed by atoms with van der Waals surface area (Å²) in [6, 6.07) is 18.0. The molecule has 0 aliphatic rings. The first kappa shape index (κ1) is 21.3. The highest BCUT2D eigenvalue weighted by Gasteiger charge is 2.20. The highest BCUT2D eigenvalue weighted by molar-refractivity contribution is 7.12. The van der Waals surface area contributed by atoms with E-state index < -0.39 is 0 Å². The third-order valence-electron chi connectivity index (χ3n) is 4.84. The molecule has 0 saturated carbocycles. The second kappa shape index (κ2) is 9.44. The highest BCUT2D eigenvalue weighted by atomic mass is 32.1. The van der Waals surface area contributed by atoms with Gasteiger partial charge in [0.1, 0.15) is 11.6 Å². The van der Waals surface area contributed by atoms with E-state index in [-0.39, 0.29) is 18.4 Å². The Bertz CT molecular complexity index is 1220. The van der Waals surface area contributed by atoms with Gasteiger partial charge in [-0.2, -0.15) is 5.10 Å². The maximum Gasteiger partial charge on any atom is 0.268 e. The first-order valence-electron chi connectivity index (χ1n) is 9.81. The van der Waals surface area contributed by atoms with Crippen molar-refractivity contribution in [1.29, 1.82) is 0 Å². The van der Waals surface area contributed by atoms with Crippen molar-refractivity contribution in [2.24, 2.45) is 0 Å². The fraction of sp³-hybridized carbons (Fsp3) is 0.130. The maximum absolute atomic E-state index is 12.9. The molecule has 0 unspecified atom stereocenters. The van der Waals surface area contributed by atoms with Crippen molar-refractivity contribution in [3.8, 4) is 17.1 Å². The number of carbonyl (C=O) groups is 2. The maximum atomic E-state index is 12.9. The third kappa shape index (κ3) is 4.52. The van der Waals surface area contributed by atoms with E-state index in [1.807, 2.05) is 35.7 Å². The Hall–Kier alpha value is -3.98. The summed E-state index contributed by atoms with van der Waals surface area (Å²) < 4.78 is 5.16. The number of amides is 2. The molecular weight excluding hydrogens is 426 g/mol. The van der Waals surface area contributed by atoms with Crippen molar-refractivity contribution in [3.05, 3.63) is 82.3 Å². The molecule has 2 heterocycles. The number of methoxy groups -OCH3 is 1. The van der Waals surface area contributed by atoms with Gasteiger partial charge in [0.05, 0.1) is 29.8 Å². The third-order valence-corrected chi connectivity index (χ3v) is 5.70. The van der Waals surface area contributed by atoms with Crippen LogP contribution in [0.1, 0.15) is 25.9 Å². The first-order chi connectivity index (χ1) is 15.6. The lowest BCUT2D eigenvalue weighted by Crippen LogP contribution is -2.30. The number of benzene rings is 2. The molecule has 0 atom stereocenters. The summed E-state index contributed by atoms with van der Waals surface area (Å²) in [6.45, 7) is 0.166. The number of para-hydroxylation sites is 1. The minimum absolute atomic E-state index is 0.166. The van der Waals surface area contributed by atoms with E-state index in [9.17, 15) is 9.59 Å². The van der Waals surface area contributed by atoms with E-state index in [0.717, 1.165) is 11.3 Å². The summed E-state index contributed by atoms with van der Waals surface area (Å²) in [4.78, 5) is 32.1. The van der Waals surface area contributed by atoms with Crippen molar-refractivity contribution in [2.45, 2.75) is 6.54 Å². The van der Waals surface area contributed by atoms with Crippen LogP contribution in [0.4, 0.5) is 5.69 Å². The average Bonchev–Trinajstić information content (AvgIpc) is 3.54. The van der Waals surface area contributed by atoms with E-state index in [0.29, 0.717) is 27.8 Å². The number of nitrogens with zero attached hydrogens (tertiary/aromatic N) is 3. The molecule has 2 aromatic carbocycles. The first-order valence-corrected chi connectivity index (χ1v) is 10.7. The van der Waals surface area contributed by atoms with Crippen LogP contribution >= 0.6 is 11.3 Å². The summed E-state index contributed by atoms with van der Waals surface area (Å²) in [5.74, 6) is 1.31. The lowest BCUT2D eigenvalue weighted by Gasteiger charge is -2.19. The number of rotatable bonds is 7. The quantitative estimate of drug-likeness (QED) is 0.449. The standard InChI is InChI=1S/C23H21N5O3S/c1-28(23(30)19-8-5-13-32-19)18-7-4-3-6-17(18)22(29)24-14-20-25-21(27-26-20)15-9-11-16(31-2)12-10-15/h3-13H,14H2,1-2H3,(H,24,29)(H,25,26,27). The van der Waals surface area contributed by atoms with Gasteiger partial charge in [-0.05, 0) is 47.8 Å². The molecule has 0 aliphatic heterocycles. The van der Waals surface area contributed by atoms with Crippen LogP contribution < -0.4 is 15.0 Å². The van der Waals surface area contributed by atoms with Crippen LogP contribution in [0.15, 0.2) is 66.0 Å². The molecule has 2 amide bonds. The summed E-state index contributed by atoms with van der Waals surface area (Å²) in [5, 5.41) is 11.7. The number of nitrogens with one attached hydrogen (secondary N) is 2. The molecule has 32 heavy (non-hydrogen) atoms. The molecule has 8 nitrogen and oxygen atoms in total. The minimum atomic E-state index is -0.311. The van der Waals surface area contributed by atoms with Gasteiger partial charge in [0.25, 0.3) is 11.8 Å². The minimum Gasteiger partial charge on any atom is -0.497 e. The molecule has 0 aliphatic carbocycles. The van der Waals surface area contributed by atoms with Gasteiger partial charge in [-0.15, -0.1) is 11.3 Å². The van der Waals surface area contributed by atoms with E-state index >= 15 is 0 Å². The van der Waals surface area contributed by atoms with Crippen LogP contribution in [0.3, 0.4) is 0 Å². The fourth-order valence-electron chi connectivity index (χ4n) is 3.14. The van der Waals surface area contributed by atoms with Gasteiger partial charge in [0.2, 0.25) is 0 Å². The van der Waals surface area contributed by atoms with E-state index in [2.05, 4.69) is 20.5 Å². The molecule has 0 spiro atoms. The predicted octanol–water partition coefficient (Wildman–Crippen LogP) is 3.75. The van der Waals surface area contributed by atoms with Crippen molar-refractivity contribution in [2.75, 3.05) is 19.1 Å². The average molecular weight is 448 g/mol. The zero-order chi connectivity index (χ0) is 22.5. The van der Waals surface area contributed by atoms with E-state index in [1.54, 1.807) is 44.5 Å². The monoisotopic (exact) mass is 447 g/mol. The Morgan fingerprint density at radius 1 is 1.09 bits per heavy atom. The number of anilines is 1. The molecule has 0 radical (unpaired) electrons. The Kier molecular flexibility index (Phi) is 6.27. The van der Waals surface area contributed by atoms with Gasteiger partial charge < -0.3 is 15.0 Å². The summed E-state index contributed by atoms with van der Waals surface area (Å²) in [5.41, 5.74) is 1.76. The predicted molar refractivity (Wildman–Crippen MR) is 123 cm³/mol. The van der Waals surface area contributed by atoms with Crippen LogP contribution in [0, 0.1) is 0 Å². The lowest BCUT2D eigenvalue weighted by molar-refractivity contribution is 0.0950. The molecule has 2 N–H and O–H groups in total. The Labute approximate surface area is 188 Å². The Balaban J connectivity index is 1.45. The molecule has 4 aromatic rings. The van der Waals surface area contributed by atoms with Crippen molar-refractivity contribution in [3.63, 3.8) is 0 Å². The largest absolute Gasteiger partial charge is 0.497 e. The highest BCUT2D eigenvalue weighted by Crippen LogP contribution is 2.23. The van der Waals surface area contributed by atoms with Gasteiger partial charge in [-0.25, -0.2) is 4.98 Å². The van der Waals surface area contributed by atoms with Gasteiger partial charge in [0, 0.05) is 12.6 Å². The van der Waals surface area contributed by atoms with Gasteiger partial charge in [-0.1, -0.05) is 18.2 Å². The summed E-state index contributed by atoms with van der Waals surface area (Å²) in [7, 11) is 3.27. The number of aromatic nitrogens is 3. The smallest absolute Gasteiger partial charge is 0.268 e. The van der Waals surface area contributed by atoms with Gasteiger partial charge in [0.15, 0.2) is 5.82 Å². The molecule has 0 bridgehead atoms. The lowest BCUT2D eigenvalue weighted by atomic mass is 10.1. The molecule has 0 fully saturated rings. The zero-order valence-electron chi connectivity index (χ0n) is 17.5. The van der Waals surface area contributed by atoms with Crippen molar-refractivity contribution < 1.29 is 14.3 Å². The van der Waals surface area contributed by atoms with Crippen LogP contribution in [-0.2, 0) is 6.54 Å². The number of carbonyl (C=O) groups excluding carboxylic acids is 2. The molecule has 162 valence electrons. The zero-order valence-corrected chi connectivity index (χ0v) is 18.3. The molecule has 0 saturated heterocycles. The number of thiophene rings is 1. The van der Waals surface area contributed by atoms with Gasteiger partial charge >= 0.3 is 0 Å². The second-order valence-electron chi connectivity index (χ2n) is 6.88.